The molecule has 0 bridgehead atoms. The Labute approximate surface area is 318 Å². The van der Waals surface area contributed by atoms with E-state index in [-0.39, 0.29) is 11.1 Å². The second-order valence-electron chi connectivity index (χ2n) is 14.0. The first-order valence-electron chi connectivity index (χ1n) is 18.9. The van der Waals surface area contributed by atoms with Crippen LogP contribution in [0.15, 0.2) is 91.8 Å². The predicted octanol–water partition coefficient (Wildman–Crippen LogP) is 3.74. The van der Waals surface area contributed by atoms with Crippen molar-refractivity contribution < 1.29 is 18.4 Å². The van der Waals surface area contributed by atoms with Gasteiger partial charge in [0, 0.05) is 75.1 Å². The van der Waals surface area contributed by atoms with Crippen LogP contribution >= 0.6 is 0 Å². The number of furan rings is 1. The van der Waals surface area contributed by atoms with Gasteiger partial charge in [0.15, 0.2) is 5.76 Å². The summed E-state index contributed by atoms with van der Waals surface area (Å²) < 4.78 is 24.8. The van der Waals surface area contributed by atoms with Crippen molar-refractivity contribution in [3.8, 4) is 23.0 Å². The van der Waals surface area contributed by atoms with E-state index in [1.54, 1.807) is 66.3 Å². The van der Waals surface area contributed by atoms with Gasteiger partial charge in [0.25, 0.3) is 11.1 Å². The monoisotopic (exact) mass is 751 g/mol. The van der Waals surface area contributed by atoms with Crippen LogP contribution in [0.4, 0.5) is 0 Å². The number of hydrogen-bond acceptors (Lipinski definition) is 13. The first kappa shape index (κ1) is 37.9. The molecule has 0 atom stereocenters. The molecule has 15 heteroatoms. The normalized spacial score (nSPS) is 16.0. The highest BCUT2D eigenvalue weighted by molar-refractivity contribution is 5.76. The lowest BCUT2D eigenvalue weighted by molar-refractivity contribution is 0.191. The minimum absolute atomic E-state index is 0.00346. The standard InChI is InChI=1S/C24H27N5O4.C16H22N4O2/c1-31-19-14-21-20(26-16-19)4-5-24(30)29(21)11-10-28-8-6-17(7-9-28)25-15-18-13-23(33-27-18)22-3-2-12-32-22;1-22-13-10-15-14(18-11-13)2-3-16(21)20(15)9-8-19-6-4-12(17)5-7-19/h2-5,12-14,16-17,25H,6-11,15H2,1H3;2-3,10-12H,4-9,17H2,1H3. The summed E-state index contributed by atoms with van der Waals surface area (Å²) in [6.07, 6.45) is 9.11. The molecule has 55 heavy (non-hydrogen) atoms. The number of nitrogens with two attached hydrogens (primary N) is 1. The molecule has 8 heterocycles. The molecule has 0 aliphatic carbocycles. The number of hydrogen-bond donors (Lipinski definition) is 2. The molecule has 6 aromatic heterocycles. The van der Waals surface area contributed by atoms with Gasteiger partial charge in [-0.05, 0) is 76.1 Å². The molecule has 0 aromatic carbocycles. The molecule has 0 amide bonds. The highest BCUT2D eigenvalue weighted by atomic mass is 16.5. The summed E-state index contributed by atoms with van der Waals surface area (Å²) in [5.41, 5.74) is 10.00. The van der Waals surface area contributed by atoms with Gasteiger partial charge in [-0.15, -0.1) is 0 Å². The minimum Gasteiger partial charge on any atom is -0.495 e. The number of nitrogens with zero attached hydrogens (tertiary/aromatic N) is 7. The number of aromatic nitrogens is 5. The first-order chi connectivity index (χ1) is 26.9. The molecule has 290 valence electrons. The number of fused-ring (bicyclic) bond motifs is 2. The summed E-state index contributed by atoms with van der Waals surface area (Å²) in [7, 11) is 3.21. The van der Waals surface area contributed by atoms with E-state index in [0.29, 0.717) is 54.7 Å². The van der Waals surface area contributed by atoms with Gasteiger partial charge in [-0.1, -0.05) is 5.16 Å². The number of likely N-dealkylation sites (tertiary alicyclic amines) is 2. The van der Waals surface area contributed by atoms with Gasteiger partial charge in [-0.25, -0.2) is 0 Å². The molecule has 2 saturated heterocycles. The molecular formula is C40H49N9O6. The van der Waals surface area contributed by atoms with E-state index in [0.717, 1.165) is 92.7 Å². The number of ether oxygens (including phenoxy) is 2. The summed E-state index contributed by atoms with van der Waals surface area (Å²) in [5, 5.41) is 7.71. The van der Waals surface area contributed by atoms with Gasteiger partial charge in [0.2, 0.25) is 5.76 Å². The second-order valence-corrected chi connectivity index (χ2v) is 14.0. The van der Waals surface area contributed by atoms with Crippen LogP contribution in [0.3, 0.4) is 0 Å². The number of methoxy groups -OCH3 is 2. The zero-order valence-corrected chi connectivity index (χ0v) is 31.4. The van der Waals surface area contributed by atoms with E-state index in [1.165, 1.54) is 0 Å². The third kappa shape index (κ3) is 9.49. The summed E-state index contributed by atoms with van der Waals surface area (Å²) in [4.78, 5) is 38.2. The molecule has 2 aliphatic rings. The average Bonchev–Trinajstić information content (AvgIpc) is 3.94. The van der Waals surface area contributed by atoms with E-state index in [9.17, 15) is 9.59 Å². The Hall–Kier alpha value is -5.35. The molecule has 0 radical (unpaired) electrons. The topological polar surface area (TPSA) is 172 Å². The van der Waals surface area contributed by atoms with E-state index in [4.69, 9.17) is 24.1 Å². The lowest BCUT2D eigenvalue weighted by Gasteiger charge is -2.32. The largest absolute Gasteiger partial charge is 0.495 e. The van der Waals surface area contributed by atoms with Crippen LogP contribution in [-0.2, 0) is 19.6 Å². The van der Waals surface area contributed by atoms with Crippen molar-refractivity contribution in [3.05, 3.63) is 99.7 Å². The Morgan fingerprint density at radius 2 is 1.31 bits per heavy atom. The van der Waals surface area contributed by atoms with Gasteiger partial charge >= 0.3 is 0 Å². The summed E-state index contributed by atoms with van der Waals surface area (Å²) >= 11 is 0. The highest BCUT2D eigenvalue weighted by Crippen LogP contribution is 2.22. The Bertz CT molecular complexity index is 2270. The van der Waals surface area contributed by atoms with Crippen molar-refractivity contribution in [3.63, 3.8) is 0 Å². The van der Waals surface area contributed by atoms with Crippen LogP contribution in [-0.4, -0.2) is 99.6 Å². The maximum atomic E-state index is 12.5. The fraction of sp³-hybridized carbons (Fsp3) is 0.425. The Balaban J connectivity index is 0.000000184. The molecule has 3 N–H and O–H groups in total. The molecule has 6 aromatic rings. The van der Waals surface area contributed by atoms with Crippen LogP contribution in [0.1, 0.15) is 31.4 Å². The molecule has 0 saturated carbocycles. The van der Waals surface area contributed by atoms with E-state index in [2.05, 4.69) is 30.2 Å². The molecule has 8 rings (SSSR count). The van der Waals surface area contributed by atoms with Crippen molar-refractivity contribution in [1.29, 1.82) is 0 Å². The maximum Gasteiger partial charge on any atom is 0.251 e. The van der Waals surface area contributed by atoms with Crippen LogP contribution in [0.5, 0.6) is 11.5 Å². The zero-order chi connectivity index (χ0) is 38.1. The molecule has 15 nitrogen and oxygen atoms in total. The van der Waals surface area contributed by atoms with Crippen molar-refractivity contribution in [1.82, 2.24) is 39.4 Å². The quantitative estimate of drug-likeness (QED) is 0.186. The van der Waals surface area contributed by atoms with Crippen molar-refractivity contribution in [2.75, 3.05) is 53.5 Å². The first-order valence-corrected chi connectivity index (χ1v) is 18.9. The van der Waals surface area contributed by atoms with Crippen molar-refractivity contribution in [2.45, 2.75) is 57.4 Å². The smallest absolute Gasteiger partial charge is 0.251 e. The average molecular weight is 752 g/mol. The highest BCUT2D eigenvalue weighted by Gasteiger charge is 2.20. The van der Waals surface area contributed by atoms with Crippen molar-refractivity contribution >= 4 is 22.1 Å². The van der Waals surface area contributed by atoms with Crippen LogP contribution in [0, 0.1) is 0 Å². The maximum absolute atomic E-state index is 12.5. The van der Waals surface area contributed by atoms with Crippen LogP contribution in [0.2, 0.25) is 0 Å². The predicted molar refractivity (Wildman–Crippen MR) is 209 cm³/mol. The summed E-state index contributed by atoms with van der Waals surface area (Å²) in [6.45, 7) is 7.57. The summed E-state index contributed by atoms with van der Waals surface area (Å²) in [5.74, 6) is 2.64. The third-order valence-electron chi connectivity index (χ3n) is 10.5. The molecule has 2 fully saturated rings. The molecule has 0 unspecified atom stereocenters. The SMILES string of the molecule is COc1cnc2ccc(=O)n(CCN3CCC(N)CC3)c2c1.COc1cnc2ccc(=O)n(CCN3CCC(NCc4cc(-c5ccco5)on4)CC3)c2c1. The van der Waals surface area contributed by atoms with Gasteiger partial charge in [-0.2, -0.15) is 0 Å². The van der Waals surface area contributed by atoms with Crippen LogP contribution < -0.4 is 31.6 Å². The number of piperidine rings is 2. The Kier molecular flexibility index (Phi) is 12.3. The zero-order valence-electron chi connectivity index (χ0n) is 31.4. The Morgan fingerprint density at radius 3 is 1.84 bits per heavy atom. The van der Waals surface area contributed by atoms with E-state index < -0.39 is 0 Å². The van der Waals surface area contributed by atoms with Crippen molar-refractivity contribution in [2.24, 2.45) is 5.73 Å². The lowest BCUT2D eigenvalue weighted by atomic mass is 10.0. The lowest BCUT2D eigenvalue weighted by Crippen LogP contribution is -2.43. The fourth-order valence-corrected chi connectivity index (χ4v) is 7.18. The number of rotatable bonds is 12. The van der Waals surface area contributed by atoms with Gasteiger partial charge in [0.05, 0.1) is 60.6 Å². The fourth-order valence-electron chi connectivity index (χ4n) is 7.18. The van der Waals surface area contributed by atoms with Gasteiger partial charge < -0.3 is 48.4 Å². The number of nitrogens with one attached hydrogen (secondary N) is 1. The van der Waals surface area contributed by atoms with Gasteiger partial charge in [-0.3, -0.25) is 19.6 Å². The van der Waals surface area contributed by atoms with E-state index in [1.807, 2.05) is 30.3 Å². The van der Waals surface area contributed by atoms with Crippen LogP contribution in [0.25, 0.3) is 33.6 Å². The molecule has 2 aliphatic heterocycles. The summed E-state index contributed by atoms with van der Waals surface area (Å²) in [6, 6.07) is 16.8. The number of pyridine rings is 4. The molecular weight excluding hydrogens is 702 g/mol. The molecule has 0 spiro atoms. The van der Waals surface area contributed by atoms with Gasteiger partial charge in [0.1, 0.15) is 11.5 Å². The second kappa shape index (κ2) is 17.9. The Morgan fingerprint density at radius 1 is 0.745 bits per heavy atom. The van der Waals surface area contributed by atoms with E-state index >= 15 is 0 Å². The minimum atomic E-state index is -0.0179. The third-order valence-corrected chi connectivity index (χ3v) is 10.5.